The van der Waals surface area contributed by atoms with Gasteiger partial charge in [0, 0.05) is 5.56 Å². The van der Waals surface area contributed by atoms with Gasteiger partial charge in [-0.1, -0.05) is 46.9 Å². The van der Waals surface area contributed by atoms with Gasteiger partial charge in [-0.15, -0.1) is 5.43 Å². The highest BCUT2D eigenvalue weighted by Crippen LogP contribution is 2.38. The highest BCUT2D eigenvalue weighted by atomic mass is 35.6. The van der Waals surface area contributed by atoms with Crippen LogP contribution in [-0.2, 0) is 3.79 Å². The normalized spacial score (nSPS) is 12.6. The number of anilines is 1. The Morgan fingerprint density at radius 2 is 2.12 bits per heavy atom. The molecule has 16 heavy (non-hydrogen) atoms. The van der Waals surface area contributed by atoms with Crippen LogP contribution in [0.1, 0.15) is 12.5 Å². The van der Waals surface area contributed by atoms with E-state index in [9.17, 15) is 5.21 Å². The Labute approximate surface area is 108 Å². The van der Waals surface area contributed by atoms with E-state index in [0.29, 0.717) is 16.1 Å². The molecule has 0 aliphatic carbocycles. The number of hydrogen-bond acceptors (Lipinski definition) is 2. The molecule has 0 spiro atoms. The van der Waals surface area contributed by atoms with Crippen LogP contribution in [0.3, 0.4) is 0 Å². The molecule has 0 radical (unpaired) electrons. The molecule has 0 aromatic heterocycles. The lowest BCUT2D eigenvalue weighted by Crippen LogP contribution is -2.04. The van der Waals surface area contributed by atoms with Crippen molar-refractivity contribution in [2.24, 2.45) is 5.22 Å². The van der Waals surface area contributed by atoms with Crippen LogP contribution in [0.15, 0.2) is 29.5 Å². The van der Waals surface area contributed by atoms with E-state index in [4.69, 9.17) is 34.8 Å². The quantitative estimate of drug-likeness (QED) is 0.396. The number of benzene rings is 1. The molecule has 1 aromatic rings. The Morgan fingerprint density at radius 3 is 2.69 bits per heavy atom. The Balaban J connectivity index is 2.84. The highest BCUT2D eigenvalue weighted by Gasteiger charge is 2.23. The van der Waals surface area contributed by atoms with Gasteiger partial charge < -0.3 is 5.21 Å². The summed E-state index contributed by atoms with van der Waals surface area (Å²) in [6.45, 7) is 1.95. The molecule has 0 aliphatic heterocycles. The maximum Gasteiger partial charge on any atom is 0.216 e. The van der Waals surface area contributed by atoms with Gasteiger partial charge in [0.1, 0.15) is 12.2 Å². The van der Waals surface area contributed by atoms with Crippen molar-refractivity contribution in [2.75, 3.05) is 12.0 Å². The van der Waals surface area contributed by atoms with Crippen LogP contribution in [-0.4, -0.2) is 11.4 Å². The number of nitrogens with zero attached hydrogens (tertiary/aromatic N) is 2. The Kier molecular flexibility index (Phi) is 4.65. The van der Waals surface area contributed by atoms with Gasteiger partial charge in [0.2, 0.25) is 3.79 Å². The van der Waals surface area contributed by atoms with Crippen molar-refractivity contribution in [3.8, 4) is 0 Å². The monoisotopic (exact) mass is 281 g/mol. The van der Waals surface area contributed by atoms with Gasteiger partial charge in [-0.25, -0.2) is 0 Å². The van der Waals surface area contributed by atoms with E-state index in [0.717, 1.165) is 0 Å². The van der Waals surface area contributed by atoms with Crippen molar-refractivity contribution < 1.29 is 4.86 Å². The number of hydrogen-bond donors (Lipinski definition) is 1. The maximum absolute atomic E-state index is 10.9. The molecule has 0 saturated heterocycles. The summed E-state index contributed by atoms with van der Waals surface area (Å²) in [6.07, 6.45) is 0. The summed E-state index contributed by atoms with van der Waals surface area (Å²) in [6, 6.07) is 6.70. The van der Waals surface area contributed by atoms with E-state index < -0.39 is 3.79 Å². The molecular weight excluding hydrogens is 272 g/mol. The molecule has 0 aliphatic rings. The lowest BCUT2D eigenvalue weighted by atomic mass is 10.2. The van der Waals surface area contributed by atoms with Crippen molar-refractivity contribution in [1.29, 1.82) is 0 Å². The average molecular weight is 283 g/mol. The number of rotatable bonds is 3. The molecule has 0 unspecified atom stereocenters. The molecule has 88 valence electrons. The Hall–Kier alpha value is -0.710. The van der Waals surface area contributed by atoms with Gasteiger partial charge >= 0.3 is 0 Å². The molecule has 0 bridgehead atoms. The standard InChI is InChI=1S/C9H10Cl3N3O/c1-2-15(16)14-13-8-5-3-4-7(6-8)9(10,11)12/h3-6,13H,2H2,1H3/b15-14-. The van der Waals surface area contributed by atoms with E-state index in [-0.39, 0.29) is 6.54 Å². The van der Waals surface area contributed by atoms with Crippen LogP contribution < -0.4 is 5.43 Å². The number of nitrogens with one attached hydrogen (secondary N) is 1. The van der Waals surface area contributed by atoms with Gasteiger partial charge in [-0.2, -0.15) is 4.86 Å². The predicted molar refractivity (Wildman–Crippen MR) is 65.9 cm³/mol. The predicted octanol–water partition coefficient (Wildman–Crippen LogP) is 3.82. The highest BCUT2D eigenvalue weighted by molar-refractivity contribution is 6.66. The third-order valence-corrected chi connectivity index (χ3v) is 2.41. The molecule has 0 amide bonds. The van der Waals surface area contributed by atoms with E-state index >= 15 is 0 Å². The van der Waals surface area contributed by atoms with Gasteiger partial charge in [-0.05, 0) is 19.1 Å². The second-order valence-corrected chi connectivity index (χ2v) is 5.24. The average Bonchev–Trinajstić information content (AvgIpc) is 2.25. The smallest absolute Gasteiger partial charge is 0.216 e. The summed E-state index contributed by atoms with van der Waals surface area (Å²) in [5.74, 6) is 0. The SMILES string of the molecule is CC/[N+]([O-])=N/Nc1cccc(C(Cl)(Cl)Cl)c1. The lowest BCUT2D eigenvalue weighted by Gasteiger charge is -2.10. The first-order chi connectivity index (χ1) is 7.43. The number of alkyl halides is 3. The minimum atomic E-state index is -1.49. The largest absolute Gasteiger partial charge is 0.696 e. The molecule has 1 N–H and O–H groups in total. The van der Waals surface area contributed by atoms with Crippen molar-refractivity contribution >= 4 is 40.5 Å². The first kappa shape index (κ1) is 13.4. The maximum atomic E-state index is 10.9. The third-order valence-electron chi connectivity index (χ3n) is 1.75. The van der Waals surface area contributed by atoms with Gasteiger partial charge in [0.15, 0.2) is 0 Å². The van der Waals surface area contributed by atoms with Crippen molar-refractivity contribution in [1.82, 2.24) is 0 Å². The van der Waals surface area contributed by atoms with E-state index in [1.807, 2.05) is 0 Å². The Morgan fingerprint density at radius 1 is 1.44 bits per heavy atom. The topological polar surface area (TPSA) is 50.5 Å². The van der Waals surface area contributed by atoms with E-state index in [2.05, 4.69) is 10.6 Å². The van der Waals surface area contributed by atoms with Crippen LogP contribution in [0, 0.1) is 5.21 Å². The van der Waals surface area contributed by atoms with Crippen molar-refractivity contribution in [3.05, 3.63) is 35.0 Å². The summed E-state index contributed by atoms with van der Waals surface area (Å²) >= 11 is 17.2. The van der Waals surface area contributed by atoms with Crippen LogP contribution in [0.4, 0.5) is 5.69 Å². The van der Waals surface area contributed by atoms with E-state index in [1.165, 1.54) is 0 Å². The summed E-state index contributed by atoms with van der Waals surface area (Å²) < 4.78 is -1.49. The second-order valence-electron chi connectivity index (χ2n) is 2.96. The summed E-state index contributed by atoms with van der Waals surface area (Å²) in [5.41, 5.74) is 3.66. The summed E-state index contributed by atoms with van der Waals surface area (Å²) in [4.78, 5) is 0.516. The molecule has 1 rings (SSSR count). The molecule has 0 fully saturated rings. The summed E-state index contributed by atoms with van der Waals surface area (Å²) in [5, 5.41) is 14.4. The van der Waals surface area contributed by atoms with Crippen LogP contribution in [0.25, 0.3) is 0 Å². The zero-order chi connectivity index (χ0) is 12.2. The number of hydroxylamine groups is 1. The van der Waals surface area contributed by atoms with E-state index in [1.54, 1.807) is 31.2 Å². The fourth-order valence-electron chi connectivity index (χ4n) is 0.949. The van der Waals surface area contributed by atoms with Gasteiger partial charge in [0.25, 0.3) is 0 Å². The summed E-state index contributed by atoms with van der Waals surface area (Å²) in [7, 11) is 0. The second kappa shape index (κ2) is 5.57. The molecule has 1 aromatic carbocycles. The minimum absolute atomic E-state index is 0.261. The van der Waals surface area contributed by atoms with Crippen molar-refractivity contribution in [2.45, 2.75) is 10.7 Å². The van der Waals surface area contributed by atoms with Gasteiger partial charge in [0.05, 0.1) is 5.22 Å². The van der Waals surface area contributed by atoms with Crippen LogP contribution >= 0.6 is 34.8 Å². The fraction of sp³-hybridized carbons (Fsp3) is 0.333. The van der Waals surface area contributed by atoms with Crippen LogP contribution in [0.2, 0.25) is 0 Å². The fourth-order valence-corrected chi connectivity index (χ4v) is 1.30. The number of halogens is 3. The molecule has 7 heteroatoms. The Bertz CT molecular complexity index is 390. The minimum Gasteiger partial charge on any atom is -0.696 e. The lowest BCUT2D eigenvalue weighted by molar-refractivity contribution is -0.524. The molecule has 0 saturated carbocycles. The molecule has 0 atom stereocenters. The van der Waals surface area contributed by atoms with Gasteiger partial charge in [-0.3, -0.25) is 0 Å². The third kappa shape index (κ3) is 4.04. The zero-order valence-corrected chi connectivity index (χ0v) is 10.7. The molecular formula is C9H10Cl3N3O. The first-order valence-corrected chi connectivity index (χ1v) is 5.65. The molecule has 0 heterocycles. The van der Waals surface area contributed by atoms with Crippen LogP contribution in [0.5, 0.6) is 0 Å². The molecule has 4 nitrogen and oxygen atoms in total. The zero-order valence-electron chi connectivity index (χ0n) is 8.45. The first-order valence-electron chi connectivity index (χ1n) is 4.52. The van der Waals surface area contributed by atoms with Crippen molar-refractivity contribution in [3.63, 3.8) is 0 Å².